The SMILES string of the molecule is CC(C)c1cccc(C(C)C)c1NC(=S)N1C(C)CCCC1C. The summed E-state index contributed by atoms with van der Waals surface area (Å²) in [4.78, 5) is 2.40. The van der Waals surface area contributed by atoms with Crippen LogP contribution in [0.15, 0.2) is 18.2 Å². The minimum atomic E-state index is 0.482. The Morgan fingerprint density at radius 1 is 1.04 bits per heavy atom. The second kappa shape index (κ2) is 7.65. The summed E-state index contributed by atoms with van der Waals surface area (Å²) in [5, 5.41) is 4.52. The van der Waals surface area contributed by atoms with Crippen LogP contribution in [0.4, 0.5) is 5.69 Å². The first-order chi connectivity index (χ1) is 10.8. The highest BCUT2D eigenvalue weighted by Gasteiger charge is 2.27. The first-order valence-electron chi connectivity index (χ1n) is 9.05. The van der Waals surface area contributed by atoms with Crippen molar-refractivity contribution in [1.82, 2.24) is 4.90 Å². The Kier molecular flexibility index (Phi) is 6.07. The Bertz CT molecular complexity index is 514. The third kappa shape index (κ3) is 4.06. The van der Waals surface area contributed by atoms with Crippen LogP contribution in [0.2, 0.25) is 0 Å². The van der Waals surface area contributed by atoms with E-state index in [9.17, 15) is 0 Å². The molecule has 1 aliphatic rings. The molecule has 1 aromatic carbocycles. The number of hydrogen-bond acceptors (Lipinski definition) is 1. The molecular weight excluding hydrogens is 300 g/mol. The Hall–Kier alpha value is -1.09. The van der Waals surface area contributed by atoms with Crippen molar-refractivity contribution >= 4 is 23.0 Å². The molecule has 0 spiro atoms. The van der Waals surface area contributed by atoms with Gasteiger partial charge in [0.05, 0.1) is 0 Å². The molecule has 1 aliphatic heterocycles. The maximum atomic E-state index is 5.82. The van der Waals surface area contributed by atoms with Crippen molar-refractivity contribution in [3.63, 3.8) is 0 Å². The third-order valence-corrected chi connectivity index (χ3v) is 5.35. The highest BCUT2D eigenvalue weighted by Crippen LogP contribution is 2.33. The summed E-state index contributed by atoms with van der Waals surface area (Å²) in [6.07, 6.45) is 3.77. The molecule has 1 saturated heterocycles. The van der Waals surface area contributed by atoms with Crippen molar-refractivity contribution in [2.45, 2.75) is 84.7 Å². The number of benzene rings is 1. The number of likely N-dealkylation sites (tertiary alicyclic amines) is 1. The van der Waals surface area contributed by atoms with E-state index in [0.717, 1.165) is 5.11 Å². The van der Waals surface area contributed by atoms with Crippen molar-refractivity contribution in [3.05, 3.63) is 29.3 Å². The average Bonchev–Trinajstić information content (AvgIpc) is 2.46. The van der Waals surface area contributed by atoms with E-state index in [4.69, 9.17) is 12.2 Å². The number of nitrogens with zero attached hydrogens (tertiary/aromatic N) is 1. The predicted octanol–water partition coefficient (Wildman–Crippen LogP) is 5.89. The number of hydrogen-bond donors (Lipinski definition) is 1. The summed E-state index contributed by atoms with van der Waals surface area (Å²) in [6, 6.07) is 7.67. The van der Waals surface area contributed by atoms with Gasteiger partial charge in [0.15, 0.2) is 5.11 Å². The molecule has 0 amide bonds. The molecule has 1 aromatic rings. The fraction of sp³-hybridized carbons (Fsp3) is 0.650. The van der Waals surface area contributed by atoms with Crippen LogP contribution in [0.3, 0.4) is 0 Å². The second-order valence-corrected chi connectivity index (χ2v) is 7.97. The number of rotatable bonds is 3. The number of anilines is 1. The largest absolute Gasteiger partial charge is 0.344 e. The number of nitrogens with one attached hydrogen (secondary N) is 1. The van der Waals surface area contributed by atoms with Gasteiger partial charge >= 0.3 is 0 Å². The second-order valence-electron chi connectivity index (χ2n) is 7.59. The van der Waals surface area contributed by atoms with E-state index in [-0.39, 0.29) is 0 Å². The number of piperidine rings is 1. The Morgan fingerprint density at radius 2 is 1.52 bits per heavy atom. The summed E-state index contributed by atoms with van der Waals surface area (Å²) in [6.45, 7) is 13.6. The van der Waals surface area contributed by atoms with Crippen LogP contribution in [0.25, 0.3) is 0 Å². The molecule has 128 valence electrons. The normalized spacial score (nSPS) is 21.8. The minimum Gasteiger partial charge on any atom is -0.344 e. The van der Waals surface area contributed by atoms with Gasteiger partial charge in [0.1, 0.15) is 0 Å². The average molecular weight is 333 g/mol. The van der Waals surface area contributed by atoms with Gasteiger partial charge in [-0.15, -0.1) is 0 Å². The predicted molar refractivity (Wildman–Crippen MR) is 105 cm³/mol. The van der Waals surface area contributed by atoms with Crippen molar-refractivity contribution in [3.8, 4) is 0 Å². The summed E-state index contributed by atoms with van der Waals surface area (Å²) >= 11 is 5.82. The van der Waals surface area contributed by atoms with Crippen LogP contribution < -0.4 is 5.32 Å². The fourth-order valence-electron chi connectivity index (χ4n) is 3.69. The summed E-state index contributed by atoms with van der Waals surface area (Å²) in [7, 11) is 0. The molecule has 3 heteroatoms. The molecule has 2 nitrogen and oxygen atoms in total. The zero-order valence-electron chi connectivity index (χ0n) is 15.5. The lowest BCUT2D eigenvalue weighted by Crippen LogP contribution is -2.49. The topological polar surface area (TPSA) is 15.3 Å². The summed E-state index contributed by atoms with van der Waals surface area (Å²) < 4.78 is 0. The van der Waals surface area contributed by atoms with E-state index >= 15 is 0 Å². The van der Waals surface area contributed by atoms with Gasteiger partial charge in [0.25, 0.3) is 0 Å². The number of para-hydroxylation sites is 1. The molecule has 1 heterocycles. The maximum absolute atomic E-state index is 5.82. The van der Waals surface area contributed by atoms with Gasteiger partial charge in [-0.25, -0.2) is 0 Å². The molecule has 2 unspecified atom stereocenters. The summed E-state index contributed by atoms with van der Waals surface area (Å²) in [5.41, 5.74) is 3.94. The monoisotopic (exact) mass is 332 g/mol. The van der Waals surface area contributed by atoms with Gasteiger partial charge < -0.3 is 10.2 Å². The van der Waals surface area contributed by atoms with Gasteiger partial charge in [-0.3, -0.25) is 0 Å². The molecule has 23 heavy (non-hydrogen) atoms. The Balaban J connectivity index is 2.32. The first kappa shape index (κ1) is 18.3. The van der Waals surface area contributed by atoms with Crippen LogP contribution in [-0.2, 0) is 0 Å². The maximum Gasteiger partial charge on any atom is 0.173 e. The van der Waals surface area contributed by atoms with E-state index in [1.165, 1.54) is 36.1 Å². The van der Waals surface area contributed by atoms with Crippen molar-refractivity contribution in [1.29, 1.82) is 0 Å². The van der Waals surface area contributed by atoms with Crippen molar-refractivity contribution < 1.29 is 0 Å². The van der Waals surface area contributed by atoms with E-state index in [0.29, 0.717) is 23.9 Å². The van der Waals surface area contributed by atoms with E-state index in [2.05, 4.69) is 70.0 Å². The van der Waals surface area contributed by atoms with Crippen molar-refractivity contribution in [2.24, 2.45) is 0 Å². The molecule has 0 radical (unpaired) electrons. The van der Waals surface area contributed by atoms with Crippen LogP contribution in [0.5, 0.6) is 0 Å². The van der Waals surface area contributed by atoms with Gasteiger partial charge in [-0.1, -0.05) is 45.9 Å². The zero-order chi connectivity index (χ0) is 17.1. The minimum absolute atomic E-state index is 0.482. The van der Waals surface area contributed by atoms with Gasteiger partial charge in [-0.05, 0) is 68.3 Å². The van der Waals surface area contributed by atoms with Crippen LogP contribution in [0, 0.1) is 0 Å². The molecule has 0 bridgehead atoms. The smallest absolute Gasteiger partial charge is 0.173 e. The summed E-state index contributed by atoms with van der Waals surface area (Å²) in [5.74, 6) is 0.963. The Morgan fingerprint density at radius 3 is 1.96 bits per heavy atom. The third-order valence-electron chi connectivity index (χ3n) is 5.03. The number of thiocarbonyl (C=S) groups is 1. The molecule has 0 aromatic heterocycles. The highest BCUT2D eigenvalue weighted by atomic mass is 32.1. The van der Waals surface area contributed by atoms with Gasteiger partial charge in [0.2, 0.25) is 0 Å². The van der Waals surface area contributed by atoms with Gasteiger partial charge in [0, 0.05) is 17.8 Å². The lowest BCUT2D eigenvalue weighted by atomic mass is 9.92. The standard InChI is InChI=1S/C20H32N2S/c1-13(2)17-11-8-12-18(14(3)4)19(17)21-20(23)22-15(5)9-7-10-16(22)6/h8,11-16H,7,9-10H2,1-6H3,(H,21,23). The molecule has 0 aliphatic carbocycles. The van der Waals surface area contributed by atoms with Crippen LogP contribution in [0.1, 0.15) is 83.8 Å². The lowest BCUT2D eigenvalue weighted by molar-refractivity contribution is 0.194. The van der Waals surface area contributed by atoms with E-state index in [1.807, 2.05) is 0 Å². The first-order valence-corrected chi connectivity index (χ1v) is 9.45. The molecule has 0 saturated carbocycles. The van der Waals surface area contributed by atoms with E-state index < -0.39 is 0 Å². The van der Waals surface area contributed by atoms with Crippen molar-refractivity contribution in [2.75, 3.05) is 5.32 Å². The highest BCUT2D eigenvalue weighted by molar-refractivity contribution is 7.80. The van der Waals surface area contributed by atoms with Crippen LogP contribution >= 0.6 is 12.2 Å². The van der Waals surface area contributed by atoms with Crippen LogP contribution in [-0.4, -0.2) is 22.1 Å². The quantitative estimate of drug-likeness (QED) is 0.694. The zero-order valence-corrected chi connectivity index (χ0v) is 16.3. The van der Waals surface area contributed by atoms with E-state index in [1.54, 1.807) is 0 Å². The molecule has 1 fully saturated rings. The van der Waals surface area contributed by atoms with Gasteiger partial charge in [-0.2, -0.15) is 0 Å². The lowest BCUT2D eigenvalue weighted by Gasteiger charge is -2.41. The molecule has 2 rings (SSSR count). The Labute approximate surface area is 147 Å². The molecule has 2 atom stereocenters. The molecule has 1 N–H and O–H groups in total. The fourth-order valence-corrected chi connectivity index (χ4v) is 4.15. The molecular formula is C20H32N2S.